The molecule has 2 atom stereocenters. The summed E-state index contributed by atoms with van der Waals surface area (Å²) in [5, 5.41) is 4.82. The zero-order chi connectivity index (χ0) is 34.4. The Morgan fingerprint density at radius 1 is 0.596 bits per heavy atom. The largest absolute Gasteiger partial charge is 0.456 e. The van der Waals surface area contributed by atoms with Gasteiger partial charge >= 0.3 is 0 Å². The average molecular weight is 669 g/mol. The molecule has 3 nitrogen and oxygen atoms in total. The van der Waals surface area contributed by atoms with Gasteiger partial charge in [-0.05, 0) is 108 Å². The topological polar surface area (TPSA) is 21.3 Å². The van der Waals surface area contributed by atoms with E-state index in [0.29, 0.717) is 0 Å². The molecule has 0 saturated heterocycles. The molecule has 3 heteroatoms. The van der Waals surface area contributed by atoms with E-state index in [0.717, 1.165) is 40.5 Å². The van der Waals surface area contributed by atoms with Crippen LogP contribution in [0.2, 0.25) is 0 Å². The Labute approximate surface area is 302 Å². The summed E-state index contributed by atoms with van der Waals surface area (Å²) in [5.74, 6) is 0. The summed E-state index contributed by atoms with van der Waals surface area (Å²) in [6.07, 6.45) is 14.2. The molecule has 248 valence electrons. The van der Waals surface area contributed by atoms with Crippen LogP contribution >= 0.6 is 0 Å². The number of para-hydroxylation sites is 3. The maximum atomic E-state index is 6.42. The number of rotatable bonds is 4. The van der Waals surface area contributed by atoms with E-state index in [1.807, 2.05) is 0 Å². The van der Waals surface area contributed by atoms with Crippen molar-refractivity contribution in [2.75, 3.05) is 4.90 Å². The minimum Gasteiger partial charge on any atom is -0.456 e. The second kappa shape index (κ2) is 11.1. The molecular weight excluding hydrogens is 633 g/mol. The van der Waals surface area contributed by atoms with Crippen LogP contribution in [0.4, 0.5) is 5.69 Å². The highest BCUT2D eigenvalue weighted by Gasteiger charge is 2.48. The molecule has 52 heavy (non-hydrogen) atoms. The molecule has 0 bridgehead atoms. The molecular formula is C49H36N2O. The van der Waals surface area contributed by atoms with Crippen molar-refractivity contribution in [2.45, 2.75) is 25.8 Å². The third-order valence-corrected chi connectivity index (χ3v) is 11.7. The molecule has 8 aromatic rings. The van der Waals surface area contributed by atoms with Crippen LogP contribution in [0.1, 0.15) is 25.3 Å². The van der Waals surface area contributed by atoms with Crippen LogP contribution in [0, 0.1) is 5.41 Å². The number of furan rings is 1. The maximum absolute atomic E-state index is 6.42. The van der Waals surface area contributed by atoms with Crippen molar-refractivity contribution in [2.24, 2.45) is 5.41 Å². The first-order valence-electron chi connectivity index (χ1n) is 18.4. The van der Waals surface area contributed by atoms with Gasteiger partial charge in [0.25, 0.3) is 0 Å². The second-order valence-electron chi connectivity index (χ2n) is 14.6. The Morgan fingerprint density at radius 2 is 1.25 bits per heavy atom. The lowest BCUT2D eigenvalue weighted by Gasteiger charge is -2.37. The van der Waals surface area contributed by atoms with Crippen molar-refractivity contribution in [3.63, 3.8) is 0 Å². The number of allylic oxidation sites excluding steroid dienone is 5. The Kier molecular flexibility index (Phi) is 6.27. The van der Waals surface area contributed by atoms with Crippen LogP contribution in [0.3, 0.4) is 0 Å². The summed E-state index contributed by atoms with van der Waals surface area (Å²) in [7, 11) is 0. The van der Waals surface area contributed by atoms with Crippen molar-refractivity contribution in [1.29, 1.82) is 0 Å². The first kappa shape index (κ1) is 29.4. The fraction of sp³-hybridized carbons (Fsp3) is 0.102. The quantitative estimate of drug-likeness (QED) is 0.186. The number of hydrogen-bond acceptors (Lipinski definition) is 2. The van der Waals surface area contributed by atoms with Gasteiger partial charge in [0.05, 0.1) is 17.1 Å². The van der Waals surface area contributed by atoms with Crippen LogP contribution in [-0.2, 0) is 0 Å². The van der Waals surface area contributed by atoms with Crippen LogP contribution in [0.15, 0.2) is 186 Å². The minimum absolute atomic E-state index is 0.131. The minimum atomic E-state index is -0.131. The molecule has 0 fully saturated rings. The third kappa shape index (κ3) is 4.26. The molecule has 0 spiro atoms. The van der Waals surface area contributed by atoms with Crippen LogP contribution in [-0.4, -0.2) is 10.6 Å². The number of nitrogens with zero attached hydrogens (tertiary/aromatic N) is 2. The van der Waals surface area contributed by atoms with Gasteiger partial charge in [0.2, 0.25) is 0 Å². The molecule has 2 aromatic heterocycles. The second-order valence-corrected chi connectivity index (χ2v) is 14.6. The van der Waals surface area contributed by atoms with E-state index >= 15 is 0 Å². The van der Waals surface area contributed by atoms with E-state index in [1.165, 1.54) is 61.0 Å². The summed E-state index contributed by atoms with van der Waals surface area (Å²) in [6, 6.07) is 50.7. The SMILES string of the molecule is CC12C=C(c3ccc4oc5ccc(-c6cccc(-n7c8ccccc8c8ccccc87)c6)cc5c4c3)C=CC1N(c1ccccc1)C1=C2C=CCC1. The van der Waals surface area contributed by atoms with Gasteiger partial charge in [-0.1, -0.05) is 109 Å². The van der Waals surface area contributed by atoms with Gasteiger partial charge in [0.1, 0.15) is 11.2 Å². The summed E-state index contributed by atoms with van der Waals surface area (Å²) in [6.45, 7) is 2.42. The maximum Gasteiger partial charge on any atom is 0.135 e. The molecule has 1 aliphatic heterocycles. The van der Waals surface area contributed by atoms with Crippen LogP contribution in [0.5, 0.6) is 0 Å². The molecule has 6 aromatic carbocycles. The predicted octanol–water partition coefficient (Wildman–Crippen LogP) is 12.8. The number of hydrogen-bond donors (Lipinski definition) is 0. The van der Waals surface area contributed by atoms with Crippen LogP contribution < -0.4 is 4.90 Å². The monoisotopic (exact) mass is 668 g/mol. The number of benzene rings is 6. The zero-order valence-corrected chi connectivity index (χ0v) is 29.0. The Hall–Kier alpha value is -6.32. The van der Waals surface area contributed by atoms with E-state index in [-0.39, 0.29) is 11.5 Å². The van der Waals surface area contributed by atoms with E-state index in [9.17, 15) is 0 Å². The molecule has 0 N–H and O–H groups in total. The Bertz CT molecular complexity index is 2830. The zero-order valence-electron chi connectivity index (χ0n) is 29.0. The van der Waals surface area contributed by atoms with Gasteiger partial charge in [-0.25, -0.2) is 0 Å². The number of aromatic nitrogens is 1. The smallest absolute Gasteiger partial charge is 0.135 e. The number of fused-ring (bicyclic) bond motifs is 8. The standard InChI is InChI=1S/C49H36N2O/c1-49-31-35(24-27-48(49)51(36-13-3-2-4-14-36)45-21-10-7-18-42(45)49)34-23-26-47-41(30-34)40-29-33(22-25-46(40)52-47)32-12-11-15-37(28-32)50-43-19-8-5-16-38(43)39-17-6-9-20-44(39)50/h2-9,11-20,22-31,48H,10,21H2,1H3. The van der Waals surface area contributed by atoms with Gasteiger partial charge < -0.3 is 13.9 Å². The van der Waals surface area contributed by atoms with Crippen molar-refractivity contribution in [3.8, 4) is 16.8 Å². The fourth-order valence-corrected chi connectivity index (χ4v) is 9.25. The van der Waals surface area contributed by atoms with E-state index in [1.54, 1.807) is 0 Å². The van der Waals surface area contributed by atoms with Gasteiger partial charge in [-0.2, -0.15) is 0 Å². The third-order valence-electron chi connectivity index (χ3n) is 11.7. The summed E-state index contributed by atoms with van der Waals surface area (Å²) >= 11 is 0. The van der Waals surface area contributed by atoms with Crippen LogP contribution in [0.25, 0.3) is 66.1 Å². The Morgan fingerprint density at radius 3 is 2.02 bits per heavy atom. The lowest BCUT2D eigenvalue weighted by molar-refractivity contribution is 0.486. The molecule has 2 unspecified atom stereocenters. The van der Waals surface area contributed by atoms with Crippen molar-refractivity contribution < 1.29 is 4.42 Å². The normalized spacial score (nSPS) is 19.6. The molecule has 0 radical (unpaired) electrons. The summed E-state index contributed by atoms with van der Waals surface area (Å²) in [4.78, 5) is 2.58. The number of anilines is 1. The molecule has 2 aliphatic carbocycles. The van der Waals surface area contributed by atoms with Gasteiger partial charge in [-0.3, -0.25) is 0 Å². The molecule has 3 heterocycles. The van der Waals surface area contributed by atoms with E-state index < -0.39 is 0 Å². The average Bonchev–Trinajstić information content (AvgIpc) is 3.83. The van der Waals surface area contributed by atoms with Gasteiger partial charge in [0, 0.05) is 44.0 Å². The van der Waals surface area contributed by atoms with Gasteiger partial charge in [-0.15, -0.1) is 0 Å². The highest BCUT2D eigenvalue weighted by molar-refractivity contribution is 6.10. The lowest BCUT2D eigenvalue weighted by atomic mass is 9.72. The molecule has 0 saturated carbocycles. The molecule has 3 aliphatic rings. The Balaban J connectivity index is 0.996. The first-order chi connectivity index (χ1) is 25.6. The summed E-state index contributed by atoms with van der Waals surface area (Å²) < 4.78 is 8.81. The van der Waals surface area contributed by atoms with Crippen molar-refractivity contribution in [1.82, 2.24) is 4.57 Å². The van der Waals surface area contributed by atoms with Crippen molar-refractivity contribution >= 4 is 55.0 Å². The van der Waals surface area contributed by atoms with E-state index in [2.05, 4.69) is 186 Å². The molecule has 0 amide bonds. The first-order valence-corrected chi connectivity index (χ1v) is 18.4. The highest BCUT2D eigenvalue weighted by atomic mass is 16.3. The van der Waals surface area contributed by atoms with E-state index in [4.69, 9.17) is 4.42 Å². The molecule has 11 rings (SSSR count). The summed E-state index contributed by atoms with van der Waals surface area (Å²) in [5.41, 5.74) is 14.3. The van der Waals surface area contributed by atoms with Crippen molar-refractivity contribution in [3.05, 3.63) is 187 Å². The fourth-order valence-electron chi connectivity index (χ4n) is 9.25. The van der Waals surface area contributed by atoms with Gasteiger partial charge in [0.15, 0.2) is 0 Å². The predicted molar refractivity (Wildman–Crippen MR) is 217 cm³/mol. The highest BCUT2D eigenvalue weighted by Crippen LogP contribution is 2.53. The lowest BCUT2D eigenvalue weighted by Crippen LogP contribution is -2.39.